The van der Waals surface area contributed by atoms with Crippen molar-refractivity contribution in [3.63, 3.8) is 0 Å². The van der Waals surface area contributed by atoms with E-state index in [1.54, 1.807) is 16.0 Å². The number of hydrogen-bond acceptors (Lipinski definition) is 6. The number of likely N-dealkylation sites (tertiary alicyclic amines) is 2. The van der Waals surface area contributed by atoms with Crippen LogP contribution in [0, 0.1) is 0 Å². The second-order valence-electron chi connectivity index (χ2n) is 16.7. The van der Waals surface area contributed by atoms with Crippen molar-refractivity contribution >= 4 is 34.0 Å². The van der Waals surface area contributed by atoms with Crippen molar-refractivity contribution in [2.45, 2.75) is 109 Å². The molecular formula is C41H46F2N6O4. The molecule has 3 aromatic carbocycles. The quantitative estimate of drug-likeness (QED) is 0.191. The van der Waals surface area contributed by atoms with Gasteiger partial charge in [-0.05, 0) is 107 Å². The Labute approximate surface area is 307 Å². The Morgan fingerprint density at radius 1 is 0.792 bits per heavy atom. The number of fused-ring (bicyclic) bond motifs is 4. The van der Waals surface area contributed by atoms with Crippen LogP contribution in [-0.2, 0) is 22.3 Å². The highest BCUT2D eigenvalue weighted by Crippen LogP contribution is 2.45. The summed E-state index contributed by atoms with van der Waals surface area (Å²) in [6.07, 6.45) is 3.46. The molecule has 2 aromatic heterocycles. The molecular weight excluding hydrogens is 678 g/mol. The van der Waals surface area contributed by atoms with Crippen LogP contribution in [0.25, 0.3) is 44.2 Å². The topological polar surface area (TPSA) is 116 Å². The first-order valence-corrected chi connectivity index (χ1v) is 18.5. The first-order valence-electron chi connectivity index (χ1n) is 18.5. The molecule has 0 bridgehead atoms. The summed E-state index contributed by atoms with van der Waals surface area (Å²) in [5.41, 5.74) is 4.67. The molecule has 2 aliphatic heterocycles. The maximum atomic E-state index is 15.2. The van der Waals surface area contributed by atoms with Gasteiger partial charge in [-0.15, -0.1) is 0 Å². The summed E-state index contributed by atoms with van der Waals surface area (Å²) in [4.78, 5) is 45.8. The zero-order valence-corrected chi connectivity index (χ0v) is 31.1. The summed E-state index contributed by atoms with van der Waals surface area (Å²) in [5.74, 6) is -1.53. The molecule has 0 spiro atoms. The smallest absolute Gasteiger partial charge is 0.410 e. The number of imidazole rings is 2. The molecule has 5 aromatic rings. The number of H-pyrrole nitrogens is 2. The normalized spacial score (nSPS) is 20.1. The molecule has 2 atom stereocenters. The van der Waals surface area contributed by atoms with Gasteiger partial charge >= 0.3 is 12.2 Å². The molecule has 2 fully saturated rings. The fourth-order valence-corrected chi connectivity index (χ4v) is 8.17. The average Bonchev–Trinajstić information content (AvgIpc) is 3.90. The predicted molar refractivity (Wildman–Crippen MR) is 199 cm³/mol. The molecule has 4 heterocycles. The van der Waals surface area contributed by atoms with E-state index in [9.17, 15) is 9.59 Å². The lowest BCUT2D eigenvalue weighted by molar-refractivity contribution is 0.0130. The third-order valence-electron chi connectivity index (χ3n) is 10.4. The van der Waals surface area contributed by atoms with Crippen LogP contribution in [0.3, 0.4) is 0 Å². The van der Waals surface area contributed by atoms with Crippen molar-refractivity contribution in [3.8, 4) is 22.4 Å². The number of halogens is 2. The van der Waals surface area contributed by atoms with E-state index < -0.39 is 17.1 Å². The van der Waals surface area contributed by atoms with E-state index in [1.807, 2.05) is 84.0 Å². The van der Waals surface area contributed by atoms with Crippen LogP contribution in [0.2, 0.25) is 0 Å². The largest absolute Gasteiger partial charge is 0.444 e. The van der Waals surface area contributed by atoms with Crippen molar-refractivity contribution < 1.29 is 27.8 Å². The number of nitrogens with one attached hydrogen (secondary N) is 2. The molecule has 0 unspecified atom stereocenters. The lowest BCUT2D eigenvalue weighted by atomic mass is 9.91. The summed E-state index contributed by atoms with van der Waals surface area (Å²) in [6, 6.07) is 13.4. The van der Waals surface area contributed by atoms with E-state index >= 15 is 8.78 Å². The van der Waals surface area contributed by atoms with Gasteiger partial charge in [-0.25, -0.2) is 28.3 Å². The van der Waals surface area contributed by atoms with E-state index in [2.05, 4.69) is 15.0 Å². The predicted octanol–water partition coefficient (Wildman–Crippen LogP) is 9.65. The van der Waals surface area contributed by atoms with Gasteiger partial charge in [-0.1, -0.05) is 30.3 Å². The van der Waals surface area contributed by atoms with Gasteiger partial charge in [0.1, 0.15) is 22.9 Å². The van der Waals surface area contributed by atoms with Crippen molar-refractivity contribution in [1.82, 2.24) is 29.7 Å². The molecule has 0 saturated carbocycles. The van der Waals surface area contributed by atoms with Gasteiger partial charge in [0.2, 0.25) is 0 Å². The molecule has 10 nitrogen and oxygen atoms in total. The summed E-state index contributed by atoms with van der Waals surface area (Å²) in [6.45, 7) is 12.3. The highest BCUT2D eigenvalue weighted by Gasteiger charge is 2.41. The zero-order chi connectivity index (χ0) is 37.4. The third kappa shape index (κ3) is 6.72. The molecule has 0 radical (unpaired) electrons. The minimum absolute atomic E-state index is 0.206. The number of aromatic amines is 2. The standard InChI is InChI=1S/C41H46F2N6O4/c1-39(2,3)52-37(50)48-17-7-9-32(48)35-44-22-31(46-35)27-15-14-25(28-20-41(42,43)21-29(27)28)23-11-13-26-24(19-23)12-16-30-34(26)47-36(45-30)33-10-8-18-49(33)38(51)53-40(4,5)6/h11-16,19,22,32-33H,7-10,17-18,20-21H2,1-6H3,(H,44,46)(H,45,47)/t32-,33-/m0/s1. The molecule has 8 rings (SSSR count). The van der Waals surface area contributed by atoms with Gasteiger partial charge in [0.05, 0.1) is 35.0 Å². The Balaban J connectivity index is 1.10. The van der Waals surface area contributed by atoms with Crippen molar-refractivity contribution in [3.05, 3.63) is 71.4 Å². The number of carbonyl (C=O) groups is 2. The number of hydrogen-bond donors (Lipinski definition) is 2. The number of carbonyl (C=O) groups excluding carboxylic acids is 2. The second-order valence-corrected chi connectivity index (χ2v) is 16.7. The van der Waals surface area contributed by atoms with Crippen LogP contribution in [0.5, 0.6) is 0 Å². The summed E-state index contributed by atoms with van der Waals surface area (Å²) in [5, 5.41) is 1.88. The van der Waals surface area contributed by atoms with E-state index in [1.165, 1.54) is 0 Å². The van der Waals surface area contributed by atoms with Gasteiger partial charge in [0.25, 0.3) is 5.92 Å². The minimum Gasteiger partial charge on any atom is -0.444 e. The van der Waals surface area contributed by atoms with Gasteiger partial charge in [0, 0.05) is 36.9 Å². The lowest BCUT2D eigenvalue weighted by Crippen LogP contribution is -2.36. The summed E-state index contributed by atoms with van der Waals surface area (Å²) < 4.78 is 41.8. The van der Waals surface area contributed by atoms with Gasteiger partial charge in [0.15, 0.2) is 0 Å². The maximum Gasteiger partial charge on any atom is 0.410 e. The van der Waals surface area contributed by atoms with Crippen LogP contribution < -0.4 is 0 Å². The van der Waals surface area contributed by atoms with Gasteiger partial charge < -0.3 is 19.4 Å². The third-order valence-corrected chi connectivity index (χ3v) is 10.4. The molecule has 278 valence electrons. The van der Waals surface area contributed by atoms with Crippen molar-refractivity contribution in [1.29, 1.82) is 0 Å². The number of amides is 2. The van der Waals surface area contributed by atoms with E-state index in [4.69, 9.17) is 14.5 Å². The Bertz CT molecular complexity index is 2250. The maximum absolute atomic E-state index is 15.2. The molecule has 1 aliphatic carbocycles. The molecule has 53 heavy (non-hydrogen) atoms. The number of nitrogens with zero attached hydrogens (tertiary/aromatic N) is 4. The van der Waals surface area contributed by atoms with Crippen LogP contribution in [0.15, 0.2) is 48.7 Å². The molecule has 2 amide bonds. The summed E-state index contributed by atoms with van der Waals surface area (Å²) >= 11 is 0. The number of benzene rings is 3. The van der Waals surface area contributed by atoms with E-state index in [-0.39, 0.29) is 37.1 Å². The zero-order valence-electron chi connectivity index (χ0n) is 31.1. The minimum atomic E-state index is -2.88. The number of rotatable bonds is 4. The van der Waals surface area contributed by atoms with E-state index in [0.717, 1.165) is 64.4 Å². The van der Waals surface area contributed by atoms with Crippen LogP contribution >= 0.6 is 0 Å². The lowest BCUT2D eigenvalue weighted by Gasteiger charge is -2.27. The highest BCUT2D eigenvalue weighted by molar-refractivity contribution is 6.05. The molecule has 12 heteroatoms. The first kappa shape index (κ1) is 35.1. The Hall–Kier alpha value is -5.00. The van der Waals surface area contributed by atoms with Crippen LogP contribution in [0.1, 0.15) is 102 Å². The first-order chi connectivity index (χ1) is 25.0. The number of aromatic nitrogens is 4. The Morgan fingerprint density at radius 3 is 2.04 bits per heavy atom. The SMILES string of the molecule is CC(C)(C)OC(=O)N1CCC[C@H]1c1ncc(-c2ccc(-c3ccc4c(ccc5[nH]c([C@@H]6CCCN6C(=O)OC(C)(C)C)nc54)c3)c3c2CC(F)(F)C3)[nH]1. The summed E-state index contributed by atoms with van der Waals surface area (Å²) in [7, 11) is 0. The fraction of sp³-hybridized carbons (Fsp3) is 0.463. The average molecular weight is 725 g/mol. The molecule has 2 N–H and O–H groups in total. The van der Waals surface area contributed by atoms with Crippen LogP contribution in [-0.4, -0.2) is 72.1 Å². The Morgan fingerprint density at radius 2 is 1.40 bits per heavy atom. The monoisotopic (exact) mass is 724 g/mol. The fourth-order valence-electron chi connectivity index (χ4n) is 8.17. The molecule has 3 aliphatic rings. The second kappa shape index (κ2) is 12.6. The van der Waals surface area contributed by atoms with Gasteiger partial charge in [-0.3, -0.25) is 9.80 Å². The van der Waals surface area contributed by atoms with Gasteiger partial charge in [-0.2, -0.15) is 0 Å². The van der Waals surface area contributed by atoms with E-state index in [0.29, 0.717) is 41.3 Å². The number of ether oxygens (including phenoxy) is 2. The van der Waals surface area contributed by atoms with Crippen molar-refractivity contribution in [2.75, 3.05) is 13.1 Å². The number of alkyl halides is 2. The van der Waals surface area contributed by atoms with Crippen LogP contribution in [0.4, 0.5) is 18.4 Å². The van der Waals surface area contributed by atoms with Crippen molar-refractivity contribution in [2.24, 2.45) is 0 Å². The highest BCUT2D eigenvalue weighted by atomic mass is 19.3. The Kier molecular flexibility index (Phi) is 8.30. The molecule has 2 saturated heterocycles.